The van der Waals surface area contributed by atoms with Gasteiger partial charge in [0.1, 0.15) is 17.8 Å². The summed E-state index contributed by atoms with van der Waals surface area (Å²) in [6.45, 7) is -0.456. The summed E-state index contributed by atoms with van der Waals surface area (Å²) >= 11 is 0. The van der Waals surface area contributed by atoms with Gasteiger partial charge in [-0.1, -0.05) is 23.4 Å². The molecule has 15 heteroatoms. The Labute approximate surface area is 205 Å². The van der Waals surface area contributed by atoms with Crippen molar-refractivity contribution < 1.29 is 36.4 Å². The topological polar surface area (TPSA) is 166 Å². The maximum atomic E-state index is 14.5. The number of amides is 1. The van der Waals surface area contributed by atoms with E-state index in [4.69, 9.17) is 16.0 Å². The number of allylic oxidation sites excluding steroid dienone is 1. The highest BCUT2D eigenvalue weighted by Crippen LogP contribution is 2.31. The molecular formula is C22H20F5N7O3. The zero-order valence-electron chi connectivity index (χ0n) is 19.1. The van der Waals surface area contributed by atoms with Crippen LogP contribution in [0.3, 0.4) is 0 Å². The van der Waals surface area contributed by atoms with E-state index in [9.17, 15) is 31.9 Å². The number of primary amides is 1. The number of nitrogens with one attached hydrogen (secondary N) is 1. The number of aliphatic imine (C=N–C) groups is 1. The van der Waals surface area contributed by atoms with Crippen LogP contribution < -0.4 is 16.8 Å². The summed E-state index contributed by atoms with van der Waals surface area (Å²) in [6, 6.07) is 7.35. The van der Waals surface area contributed by atoms with Crippen LogP contribution in [0.4, 0.5) is 27.8 Å². The molecule has 10 nitrogen and oxygen atoms in total. The number of hydrogen-bond acceptors (Lipinski definition) is 9. The number of benzene rings is 1. The Kier molecular flexibility index (Phi) is 7.86. The van der Waals surface area contributed by atoms with Gasteiger partial charge >= 0.3 is 6.18 Å². The maximum absolute atomic E-state index is 14.5. The van der Waals surface area contributed by atoms with Crippen molar-refractivity contribution >= 4 is 23.1 Å². The quantitative estimate of drug-likeness (QED) is 0.244. The molecule has 1 aromatic carbocycles. The van der Waals surface area contributed by atoms with E-state index in [1.165, 1.54) is 43.5 Å². The SMILES string of the molecule is Cc1nc(/C(N)=C/C(=NCc2ccccc2F)c2ccon2)nc(NC[C@](O)(C(N)=O)C(F)(F)F)c1F. The third kappa shape index (κ3) is 6.06. The first-order valence-corrected chi connectivity index (χ1v) is 10.4. The molecule has 3 aromatic rings. The van der Waals surface area contributed by atoms with Crippen molar-refractivity contribution in [3.05, 3.63) is 77.1 Å². The van der Waals surface area contributed by atoms with Crippen LogP contribution in [0.2, 0.25) is 0 Å². The molecule has 0 aliphatic carbocycles. The number of carbonyl (C=O) groups is 1. The van der Waals surface area contributed by atoms with Crippen LogP contribution in [0.25, 0.3) is 5.70 Å². The third-order valence-corrected chi connectivity index (χ3v) is 5.03. The number of aliphatic hydroxyl groups is 1. The van der Waals surface area contributed by atoms with Crippen LogP contribution in [0.15, 0.2) is 52.2 Å². The molecule has 1 amide bonds. The van der Waals surface area contributed by atoms with Crippen LogP contribution >= 0.6 is 0 Å². The molecule has 0 unspecified atom stereocenters. The predicted molar refractivity (Wildman–Crippen MR) is 121 cm³/mol. The van der Waals surface area contributed by atoms with E-state index in [1.807, 2.05) is 5.32 Å². The molecule has 0 bridgehead atoms. The summed E-state index contributed by atoms with van der Waals surface area (Å²) in [6.07, 6.45) is -2.98. The summed E-state index contributed by atoms with van der Waals surface area (Å²) in [5.41, 5.74) is 6.79. The van der Waals surface area contributed by atoms with Crippen LogP contribution in [0, 0.1) is 18.6 Å². The normalized spacial score (nSPS) is 14.4. The Morgan fingerprint density at radius 1 is 1.19 bits per heavy atom. The second-order valence-electron chi connectivity index (χ2n) is 7.65. The molecule has 0 saturated carbocycles. The Morgan fingerprint density at radius 2 is 1.89 bits per heavy atom. The molecule has 196 valence electrons. The minimum atomic E-state index is -5.45. The number of aryl methyl sites for hydroxylation is 1. The van der Waals surface area contributed by atoms with Crippen molar-refractivity contribution in [1.29, 1.82) is 0 Å². The van der Waals surface area contributed by atoms with E-state index < -0.39 is 41.7 Å². The van der Waals surface area contributed by atoms with Crippen LogP contribution in [0.1, 0.15) is 22.8 Å². The summed E-state index contributed by atoms with van der Waals surface area (Å²) in [4.78, 5) is 23.2. The molecule has 0 radical (unpaired) electrons. The van der Waals surface area contributed by atoms with Gasteiger partial charge in [-0.05, 0) is 19.1 Å². The molecule has 37 heavy (non-hydrogen) atoms. The Bertz CT molecular complexity index is 1340. The summed E-state index contributed by atoms with van der Waals surface area (Å²) in [7, 11) is 0. The van der Waals surface area contributed by atoms with E-state index >= 15 is 0 Å². The Hall–Kier alpha value is -4.40. The number of hydrogen-bond donors (Lipinski definition) is 4. The molecule has 0 aliphatic heterocycles. The fraction of sp³-hybridized carbons (Fsp3) is 0.227. The molecule has 0 aliphatic rings. The predicted octanol–water partition coefficient (Wildman–Crippen LogP) is 2.23. The number of nitrogens with two attached hydrogens (primary N) is 2. The van der Waals surface area contributed by atoms with Crippen molar-refractivity contribution in [1.82, 2.24) is 15.1 Å². The molecule has 3 rings (SSSR count). The van der Waals surface area contributed by atoms with E-state index in [1.54, 1.807) is 6.07 Å². The first kappa shape index (κ1) is 27.2. The number of halogens is 5. The first-order valence-electron chi connectivity index (χ1n) is 10.4. The number of aromatic nitrogens is 3. The number of carbonyl (C=O) groups excluding carboxylic acids is 1. The van der Waals surface area contributed by atoms with E-state index in [-0.39, 0.29) is 40.7 Å². The first-order chi connectivity index (χ1) is 17.3. The molecule has 2 aromatic heterocycles. The Morgan fingerprint density at radius 3 is 2.49 bits per heavy atom. The van der Waals surface area contributed by atoms with Gasteiger partial charge in [0.2, 0.25) is 0 Å². The lowest BCUT2D eigenvalue weighted by Gasteiger charge is -2.27. The monoisotopic (exact) mass is 525 g/mol. The largest absolute Gasteiger partial charge is 0.428 e. The van der Waals surface area contributed by atoms with Gasteiger partial charge in [-0.2, -0.15) is 13.2 Å². The number of rotatable bonds is 9. The van der Waals surface area contributed by atoms with Gasteiger partial charge in [0, 0.05) is 11.6 Å². The molecule has 0 fully saturated rings. The molecular weight excluding hydrogens is 505 g/mol. The van der Waals surface area contributed by atoms with Crippen LogP contribution in [0.5, 0.6) is 0 Å². The fourth-order valence-electron chi connectivity index (χ4n) is 2.90. The minimum absolute atomic E-state index is 0.106. The average Bonchev–Trinajstić information content (AvgIpc) is 3.37. The summed E-state index contributed by atoms with van der Waals surface area (Å²) in [5.74, 6) is -4.87. The highest BCUT2D eigenvalue weighted by Gasteiger charge is 2.58. The van der Waals surface area contributed by atoms with Gasteiger partial charge in [-0.25, -0.2) is 18.7 Å². The third-order valence-electron chi connectivity index (χ3n) is 5.03. The molecule has 1 atom stereocenters. The summed E-state index contributed by atoms with van der Waals surface area (Å²) < 4.78 is 72.8. The van der Waals surface area contributed by atoms with Crippen LogP contribution in [-0.2, 0) is 11.3 Å². The van der Waals surface area contributed by atoms with Gasteiger partial charge in [0.25, 0.3) is 11.5 Å². The average molecular weight is 525 g/mol. The molecule has 2 heterocycles. The lowest BCUT2D eigenvalue weighted by molar-refractivity contribution is -0.245. The van der Waals surface area contributed by atoms with Crippen molar-refractivity contribution in [2.45, 2.75) is 25.2 Å². The number of nitrogens with zero attached hydrogens (tertiary/aromatic N) is 4. The van der Waals surface area contributed by atoms with E-state index in [2.05, 4.69) is 20.1 Å². The zero-order chi connectivity index (χ0) is 27.4. The maximum Gasteiger partial charge on any atom is 0.428 e. The number of anilines is 1. The highest BCUT2D eigenvalue weighted by molar-refractivity contribution is 6.10. The smallest absolute Gasteiger partial charge is 0.396 e. The number of alkyl halides is 3. The molecule has 0 spiro atoms. The van der Waals surface area contributed by atoms with Crippen molar-refractivity contribution in [2.75, 3.05) is 11.9 Å². The fourth-order valence-corrected chi connectivity index (χ4v) is 2.90. The van der Waals surface area contributed by atoms with Gasteiger partial charge in [0.05, 0.1) is 30.2 Å². The second-order valence-corrected chi connectivity index (χ2v) is 7.65. The lowest BCUT2D eigenvalue weighted by Crippen LogP contribution is -2.59. The molecule has 0 saturated heterocycles. The lowest BCUT2D eigenvalue weighted by atomic mass is 10.0. The van der Waals surface area contributed by atoms with E-state index in [0.717, 1.165) is 0 Å². The zero-order valence-corrected chi connectivity index (χ0v) is 19.1. The summed E-state index contributed by atoms with van der Waals surface area (Å²) in [5, 5.41) is 15.4. The van der Waals surface area contributed by atoms with Crippen molar-refractivity contribution in [3.63, 3.8) is 0 Å². The van der Waals surface area contributed by atoms with Gasteiger partial charge in [-0.15, -0.1) is 0 Å². The standard InChI is InChI=1S/C22H20F5N7O3/c1-11-17(24)19(31-10-21(36,20(29)35)22(25,26)27)33-18(32-11)14(28)8-16(15-6-7-37-34-15)30-9-12-4-2-3-5-13(12)23/h2-8,36H,9-10,28H2,1H3,(H2,29,35)(H,31,32,33)/b14-8-,30-16?/t21-/m0/s1. The Balaban J connectivity index is 1.96. The van der Waals surface area contributed by atoms with Gasteiger partial charge in [-0.3, -0.25) is 9.79 Å². The van der Waals surface area contributed by atoms with Gasteiger partial charge in [0.15, 0.2) is 17.5 Å². The molecule has 6 N–H and O–H groups in total. The second kappa shape index (κ2) is 10.7. The van der Waals surface area contributed by atoms with E-state index in [0.29, 0.717) is 0 Å². The van der Waals surface area contributed by atoms with Crippen molar-refractivity contribution in [2.24, 2.45) is 16.5 Å². The van der Waals surface area contributed by atoms with Crippen LogP contribution in [-0.4, -0.2) is 50.2 Å². The van der Waals surface area contributed by atoms with Crippen molar-refractivity contribution in [3.8, 4) is 0 Å². The highest BCUT2D eigenvalue weighted by atomic mass is 19.4. The van der Waals surface area contributed by atoms with Gasteiger partial charge < -0.3 is 26.4 Å². The minimum Gasteiger partial charge on any atom is -0.396 e.